The van der Waals surface area contributed by atoms with E-state index in [-0.39, 0.29) is 18.1 Å². The predicted molar refractivity (Wildman–Crippen MR) is 90.9 cm³/mol. The summed E-state index contributed by atoms with van der Waals surface area (Å²) in [7, 11) is 1.73. The van der Waals surface area contributed by atoms with Crippen LogP contribution in [0.15, 0.2) is 48.5 Å². The van der Waals surface area contributed by atoms with Gasteiger partial charge >= 0.3 is 6.61 Å². The summed E-state index contributed by atoms with van der Waals surface area (Å²) in [5.74, 6) is 0.816. The lowest BCUT2D eigenvalue weighted by atomic mass is 10.1. The summed E-state index contributed by atoms with van der Waals surface area (Å²) >= 11 is 0. The number of ether oxygens (including phenoxy) is 2. The van der Waals surface area contributed by atoms with Gasteiger partial charge in [-0.15, -0.1) is 0 Å². The minimum Gasteiger partial charge on any atom is -0.494 e. The van der Waals surface area contributed by atoms with Gasteiger partial charge in [-0.3, -0.25) is 4.79 Å². The first-order chi connectivity index (χ1) is 12.0. The number of likely N-dealkylation sites (N-methyl/N-ethyl adjacent to an activating group) is 1. The number of benzene rings is 2. The quantitative estimate of drug-likeness (QED) is 0.726. The van der Waals surface area contributed by atoms with E-state index in [1.807, 2.05) is 31.2 Å². The Morgan fingerprint density at radius 1 is 1.00 bits per heavy atom. The van der Waals surface area contributed by atoms with Gasteiger partial charge in [-0.05, 0) is 42.3 Å². The highest BCUT2D eigenvalue weighted by molar-refractivity contribution is 5.78. The van der Waals surface area contributed by atoms with Crippen LogP contribution in [0.1, 0.15) is 18.1 Å². The number of alkyl halides is 2. The van der Waals surface area contributed by atoms with Crippen molar-refractivity contribution >= 4 is 5.91 Å². The molecule has 4 nitrogen and oxygen atoms in total. The molecule has 0 atom stereocenters. The molecule has 2 rings (SSSR count). The van der Waals surface area contributed by atoms with Crippen LogP contribution in [0.3, 0.4) is 0 Å². The molecule has 25 heavy (non-hydrogen) atoms. The molecule has 2 aromatic rings. The van der Waals surface area contributed by atoms with Crippen molar-refractivity contribution in [1.29, 1.82) is 0 Å². The van der Waals surface area contributed by atoms with E-state index < -0.39 is 6.61 Å². The second kappa shape index (κ2) is 9.01. The second-order valence-corrected chi connectivity index (χ2v) is 5.53. The molecular weight excluding hydrogens is 328 g/mol. The highest BCUT2D eigenvalue weighted by Gasteiger charge is 2.11. The molecule has 0 aromatic heterocycles. The Labute approximate surface area is 146 Å². The van der Waals surface area contributed by atoms with Gasteiger partial charge in [0.2, 0.25) is 5.91 Å². The van der Waals surface area contributed by atoms with Crippen molar-refractivity contribution in [2.45, 2.75) is 26.5 Å². The average Bonchev–Trinajstić information content (AvgIpc) is 2.58. The summed E-state index contributed by atoms with van der Waals surface area (Å²) < 4.78 is 33.9. The van der Waals surface area contributed by atoms with Crippen molar-refractivity contribution in [2.24, 2.45) is 0 Å². The van der Waals surface area contributed by atoms with Crippen molar-refractivity contribution < 1.29 is 23.0 Å². The van der Waals surface area contributed by atoms with Crippen LogP contribution >= 0.6 is 0 Å². The van der Waals surface area contributed by atoms with Gasteiger partial charge in [-0.2, -0.15) is 8.78 Å². The largest absolute Gasteiger partial charge is 0.494 e. The number of rotatable bonds is 8. The third-order valence-corrected chi connectivity index (χ3v) is 3.58. The minimum atomic E-state index is -2.85. The molecule has 0 aliphatic carbocycles. The first kappa shape index (κ1) is 18.7. The van der Waals surface area contributed by atoms with E-state index in [2.05, 4.69) is 4.74 Å². The van der Waals surface area contributed by atoms with Crippen molar-refractivity contribution in [3.63, 3.8) is 0 Å². The Balaban J connectivity index is 1.89. The summed E-state index contributed by atoms with van der Waals surface area (Å²) in [5.41, 5.74) is 1.74. The lowest BCUT2D eigenvalue weighted by Crippen LogP contribution is -2.27. The Bertz CT molecular complexity index is 672. The van der Waals surface area contributed by atoms with Crippen molar-refractivity contribution in [2.75, 3.05) is 13.7 Å². The zero-order valence-electron chi connectivity index (χ0n) is 14.2. The molecule has 0 heterocycles. The summed E-state index contributed by atoms with van der Waals surface area (Å²) in [5, 5.41) is 0. The molecule has 2 aromatic carbocycles. The van der Waals surface area contributed by atoms with Crippen LogP contribution in [-0.4, -0.2) is 31.1 Å². The van der Waals surface area contributed by atoms with Gasteiger partial charge in [0, 0.05) is 13.6 Å². The molecule has 6 heteroatoms. The lowest BCUT2D eigenvalue weighted by molar-refractivity contribution is -0.129. The van der Waals surface area contributed by atoms with Crippen LogP contribution in [-0.2, 0) is 17.8 Å². The molecular formula is C19H21F2NO3. The molecule has 0 N–H and O–H groups in total. The van der Waals surface area contributed by atoms with Gasteiger partial charge in [-0.1, -0.05) is 24.3 Å². The molecule has 0 saturated carbocycles. The van der Waals surface area contributed by atoms with Crippen molar-refractivity contribution in [1.82, 2.24) is 4.90 Å². The van der Waals surface area contributed by atoms with Crippen molar-refractivity contribution in [3.05, 3.63) is 59.7 Å². The predicted octanol–water partition coefficient (Wildman–Crippen LogP) is 3.89. The standard InChI is InChI=1S/C19H21F2NO3/c1-3-24-16-8-6-15(7-9-16)13-22(2)18(23)12-14-4-10-17(11-5-14)25-19(20)21/h4-11,19H,3,12-13H2,1-2H3. The molecule has 0 aliphatic rings. The monoisotopic (exact) mass is 349 g/mol. The molecule has 0 radical (unpaired) electrons. The molecule has 0 spiro atoms. The van der Waals surface area contributed by atoms with Crippen LogP contribution in [0, 0.1) is 0 Å². The van der Waals surface area contributed by atoms with Gasteiger partial charge in [0.25, 0.3) is 0 Å². The Morgan fingerprint density at radius 3 is 2.12 bits per heavy atom. The molecule has 0 fully saturated rings. The highest BCUT2D eigenvalue weighted by atomic mass is 19.3. The number of amides is 1. The molecule has 134 valence electrons. The fraction of sp³-hybridized carbons (Fsp3) is 0.316. The van der Waals surface area contributed by atoms with Crippen LogP contribution in [0.5, 0.6) is 11.5 Å². The van der Waals surface area contributed by atoms with E-state index >= 15 is 0 Å². The normalized spacial score (nSPS) is 10.6. The maximum Gasteiger partial charge on any atom is 0.387 e. The van der Waals surface area contributed by atoms with E-state index in [9.17, 15) is 13.6 Å². The van der Waals surface area contributed by atoms with Crippen molar-refractivity contribution in [3.8, 4) is 11.5 Å². The number of nitrogens with zero attached hydrogens (tertiary/aromatic N) is 1. The van der Waals surface area contributed by atoms with Crippen LogP contribution < -0.4 is 9.47 Å². The van der Waals surface area contributed by atoms with E-state index in [1.54, 1.807) is 24.1 Å². The maximum atomic E-state index is 12.3. The number of halogens is 2. The molecule has 0 bridgehead atoms. The number of carbonyl (C=O) groups is 1. The molecule has 0 aliphatic heterocycles. The number of hydrogen-bond acceptors (Lipinski definition) is 3. The van der Waals surface area contributed by atoms with Gasteiger partial charge in [0.05, 0.1) is 13.0 Å². The minimum absolute atomic E-state index is 0.0589. The van der Waals surface area contributed by atoms with E-state index in [0.717, 1.165) is 16.9 Å². The van der Waals surface area contributed by atoms with Gasteiger partial charge in [0.15, 0.2) is 0 Å². The first-order valence-electron chi connectivity index (χ1n) is 7.97. The number of hydrogen-bond donors (Lipinski definition) is 0. The summed E-state index contributed by atoms with van der Waals surface area (Å²) in [6.45, 7) is 0.163. The third-order valence-electron chi connectivity index (χ3n) is 3.58. The second-order valence-electron chi connectivity index (χ2n) is 5.53. The van der Waals surface area contributed by atoms with Crippen LogP contribution in [0.4, 0.5) is 8.78 Å². The Kier molecular flexibility index (Phi) is 6.74. The Morgan fingerprint density at radius 2 is 1.56 bits per heavy atom. The van der Waals surface area contributed by atoms with Crippen LogP contribution in [0.2, 0.25) is 0 Å². The van der Waals surface area contributed by atoms with E-state index in [1.165, 1.54) is 12.1 Å². The zero-order valence-corrected chi connectivity index (χ0v) is 14.2. The molecule has 0 unspecified atom stereocenters. The van der Waals surface area contributed by atoms with Gasteiger partial charge in [-0.25, -0.2) is 0 Å². The van der Waals surface area contributed by atoms with E-state index in [0.29, 0.717) is 13.2 Å². The van der Waals surface area contributed by atoms with Crippen LogP contribution in [0.25, 0.3) is 0 Å². The SMILES string of the molecule is CCOc1ccc(CN(C)C(=O)Cc2ccc(OC(F)F)cc2)cc1. The summed E-state index contributed by atoms with van der Waals surface area (Å²) in [6, 6.07) is 13.7. The van der Waals surface area contributed by atoms with E-state index in [4.69, 9.17) is 4.74 Å². The number of carbonyl (C=O) groups excluding carboxylic acids is 1. The Hall–Kier alpha value is -2.63. The summed E-state index contributed by atoms with van der Waals surface area (Å²) in [6.07, 6.45) is 0.197. The molecule has 0 saturated heterocycles. The average molecular weight is 349 g/mol. The lowest BCUT2D eigenvalue weighted by Gasteiger charge is -2.18. The first-order valence-corrected chi connectivity index (χ1v) is 7.97. The van der Waals surface area contributed by atoms with Gasteiger partial charge in [0.1, 0.15) is 11.5 Å². The fourth-order valence-corrected chi connectivity index (χ4v) is 2.32. The van der Waals surface area contributed by atoms with Gasteiger partial charge < -0.3 is 14.4 Å². The zero-order chi connectivity index (χ0) is 18.2. The topological polar surface area (TPSA) is 38.8 Å². The summed E-state index contributed by atoms with van der Waals surface area (Å²) in [4.78, 5) is 13.9. The highest BCUT2D eigenvalue weighted by Crippen LogP contribution is 2.16. The molecule has 1 amide bonds. The fourth-order valence-electron chi connectivity index (χ4n) is 2.32. The maximum absolute atomic E-state index is 12.3. The smallest absolute Gasteiger partial charge is 0.387 e. The third kappa shape index (κ3) is 6.06.